The van der Waals surface area contributed by atoms with Crippen molar-refractivity contribution in [1.82, 2.24) is 0 Å². The topological polar surface area (TPSA) is 0 Å². The van der Waals surface area contributed by atoms with Crippen LogP contribution in [0.15, 0.2) is 46.6 Å². The van der Waals surface area contributed by atoms with Crippen molar-refractivity contribution in [2.24, 2.45) is 0 Å². The fourth-order valence-electron chi connectivity index (χ4n) is 2.36. The first-order valence-electron chi connectivity index (χ1n) is 8.57. The highest BCUT2D eigenvalue weighted by Gasteiger charge is 1.95. The standard InChI is InChI=1S/C21H35Br/c1-17(2)10-7-11-18(3)12-8-13-19(4)14-9-15-20(5)16-21(6)22/h10,12,14,16,21H,7-9,11,13,15H2,1-6H3. The van der Waals surface area contributed by atoms with Gasteiger partial charge in [0.2, 0.25) is 0 Å². The Kier molecular flexibility index (Phi) is 12.6. The summed E-state index contributed by atoms with van der Waals surface area (Å²) in [5.74, 6) is 0. The maximum atomic E-state index is 3.57. The third-order valence-electron chi connectivity index (χ3n) is 3.67. The predicted molar refractivity (Wildman–Crippen MR) is 107 cm³/mol. The molecule has 0 heterocycles. The van der Waals surface area contributed by atoms with Gasteiger partial charge in [0.25, 0.3) is 0 Å². The third-order valence-corrected chi connectivity index (χ3v) is 3.93. The first kappa shape index (κ1) is 21.4. The summed E-state index contributed by atoms with van der Waals surface area (Å²) in [7, 11) is 0. The van der Waals surface area contributed by atoms with Crippen LogP contribution in [-0.2, 0) is 0 Å². The van der Waals surface area contributed by atoms with Crippen LogP contribution in [0.4, 0.5) is 0 Å². The number of rotatable bonds is 10. The Hall–Kier alpha value is -0.560. The summed E-state index contributed by atoms with van der Waals surface area (Å²) in [6.07, 6.45) is 16.5. The maximum Gasteiger partial charge on any atom is 0.0299 e. The van der Waals surface area contributed by atoms with Gasteiger partial charge in [0, 0.05) is 4.83 Å². The van der Waals surface area contributed by atoms with Crippen molar-refractivity contribution in [3.05, 3.63) is 46.6 Å². The summed E-state index contributed by atoms with van der Waals surface area (Å²) in [4.78, 5) is 0.483. The van der Waals surface area contributed by atoms with Crippen LogP contribution in [0.25, 0.3) is 0 Å². The zero-order valence-corrected chi connectivity index (χ0v) is 17.1. The van der Waals surface area contributed by atoms with Crippen molar-refractivity contribution in [3.8, 4) is 0 Å². The zero-order valence-electron chi connectivity index (χ0n) is 15.5. The molecule has 0 aliphatic carbocycles. The molecule has 0 aromatic carbocycles. The molecular formula is C21H35Br. The molecule has 22 heavy (non-hydrogen) atoms. The molecule has 0 amide bonds. The fraction of sp³-hybridized carbons (Fsp3) is 0.619. The number of hydrogen-bond acceptors (Lipinski definition) is 0. The zero-order chi connectivity index (χ0) is 17.0. The summed E-state index contributed by atoms with van der Waals surface area (Å²) < 4.78 is 0. The van der Waals surface area contributed by atoms with E-state index >= 15 is 0 Å². The van der Waals surface area contributed by atoms with Crippen LogP contribution in [0.3, 0.4) is 0 Å². The summed E-state index contributed by atoms with van der Waals surface area (Å²) >= 11 is 3.57. The molecule has 0 aliphatic rings. The summed E-state index contributed by atoms with van der Waals surface area (Å²) in [5, 5.41) is 0. The molecule has 0 aromatic heterocycles. The van der Waals surface area contributed by atoms with E-state index in [9.17, 15) is 0 Å². The van der Waals surface area contributed by atoms with E-state index in [1.165, 1.54) is 54.4 Å². The van der Waals surface area contributed by atoms with E-state index in [2.05, 4.69) is 81.8 Å². The number of alkyl halides is 1. The van der Waals surface area contributed by atoms with E-state index in [4.69, 9.17) is 0 Å². The molecule has 1 unspecified atom stereocenters. The van der Waals surface area contributed by atoms with Crippen LogP contribution in [0.5, 0.6) is 0 Å². The van der Waals surface area contributed by atoms with Crippen LogP contribution < -0.4 is 0 Å². The van der Waals surface area contributed by atoms with Gasteiger partial charge in [0.05, 0.1) is 0 Å². The lowest BCUT2D eigenvalue weighted by Gasteiger charge is -2.03. The molecule has 1 atom stereocenters. The van der Waals surface area contributed by atoms with E-state index in [1.54, 1.807) is 0 Å². The maximum absolute atomic E-state index is 3.57. The molecular weight excluding hydrogens is 332 g/mol. The molecule has 0 spiro atoms. The van der Waals surface area contributed by atoms with Gasteiger partial charge in [0.15, 0.2) is 0 Å². The molecule has 0 saturated heterocycles. The summed E-state index contributed by atoms with van der Waals surface area (Å²) in [6.45, 7) is 13.2. The van der Waals surface area contributed by atoms with Gasteiger partial charge in [-0.05, 0) is 80.1 Å². The van der Waals surface area contributed by atoms with Gasteiger partial charge in [-0.2, -0.15) is 0 Å². The average Bonchev–Trinajstić information content (AvgIpc) is 2.37. The number of halogens is 1. The SMILES string of the molecule is CC(C)=CCCC(C)=CCCC(C)=CCCC(C)=CC(C)Br. The smallest absolute Gasteiger partial charge is 0.0299 e. The second-order valence-corrected chi connectivity index (χ2v) is 8.13. The average molecular weight is 367 g/mol. The van der Waals surface area contributed by atoms with Crippen molar-refractivity contribution in [2.75, 3.05) is 0 Å². The highest BCUT2D eigenvalue weighted by Crippen LogP contribution is 2.14. The lowest BCUT2D eigenvalue weighted by Crippen LogP contribution is -1.86. The second kappa shape index (κ2) is 12.9. The van der Waals surface area contributed by atoms with Crippen LogP contribution in [0.2, 0.25) is 0 Å². The van der Waals surface area contributed by atoms with Crippen molar-refractivity contribution in [2.45, 2.75) is 84.9 Å². The van der Waals surface area contributed by atoms with Gasteiger partial charge in [-0.15, -0.1) is 0 Å². The van der Waals surface area contributed by atoms with Crippen LogP contribution in [0.1, 0.15) is 80.1 Å². The predicted octanol–water partition coefficient (Wildman–Crippen LogP) is 7.92. The fourth-order valence-corrected chi connectivity index (χ4v) is 2.81. The first-order valence-corrected chi connectivity index (χ1v) is 9.48. The number of hydrogen-bond donors (Lipinski definition) is 0. The molecule has 1 heteroatoms. The summed E-state index contributed by atoms with van der Waals surface area (Å²) in [6, 6.07) is 0. The van der Waals surface area contributed by atoms with Gasteiger partial charge in [-0.3, -0.25) is 0 Å². The minimum Gasteiger partial charge on any atom is -0.0856 e. The highest BCUT2D eigenvalue weighted by molar-refractivity contribution is 9.09. The second-order valence-electron chi connectivity index (χ2n) is 6.69. The Labute approximate surface area is 147 Å². The Morgan fingerprint density at radius 3 is 1.55 bits per heavy atom. The quantitative estimate of drug-likeness (QED) is 0.272. The van der Waals surface area contributed by atoms with Crippen LogP contribution >= 0.6 is 15.9 Å². The molecule has 0 fully saturated rings. The molecule has 0 nitrogen and oxygen atoms in total. The monoisotopic (exact) mass is 366 g/mol. The van der Waals surface area contributed by atoms with Gasteiger partial charge in [-0.1, -0.05) is 62.5 Å². The van der Waals surface area contributed by atoms with Crippen molar-refractivity contribution >= 4 is 15.9 Å². The molecule has 126 valence electrons. The Bertz CT molecular complexity index is 415. The largest absolute Gasteiger partial charge is 0.0856 e. The first-order chi connectivity index (χ1) is 10.3. The van der Waals surface area contributed by atoms with Gasteiger partial charge in [0.1, 0.15) is 0 Å². The van der Waals surface area contributed by atoms with Gasteiger partial charge >= 0.3 is 0 Å². The Morgan fingerprint density at radius 2 is 1.14 bits per heavy atom. The van der Waals surface area contributed by atoms with Crippen molar-refractivity contribution in [1.29, 1.82) is 0 Å². The summed E-state index contributed by atoms with van der Waals surface area (Å²) in [5.41, 5.74) is 5.94. The molecule has 0 radical (unpaired) electrons. The van der Waals surface area contributed by atoms with Gasteiger partial charge < -0.3 is 0 Å². The van der Waals surface area contributed by atoms with E-state index in [1.807, 2.05) is 0 Å². The normalized spacial score (nSPS) is 15.0. The highest BCUT2D eigenvalue weighted by atomic mass is 79.9. The molecule has 0 saturated carbocycles. The van der Waals surface area contributed by atoms with E-state index in [-0.39, 0.29) is 0 Å². The van der Waals surface area contributed by atoms with Gasteiger partial charge in [-0.25, -0.2) is 0 Å². The van der Waals surface area contributed by atoms with Crippen molar-refractivity contribution < 1.29 is 0 Å². The minimum atomic E-state index is 0.483. The molecule has 0 rings (SSSR count). The van der Waals surface area contributed by atoms with Crippen LogP contribution in [0, 0.1) is 0 Å². The number of allylic oxidation sites excluding steroid dienone is 8. The molecule has 0 aromatic rings. The molecule has 0 bridgehead atoms. The minimum absolute atomic E-state index is 0.483. The van der Waals surface area contributed by atoms with E-state index in [0.717, 1.165) is 6.42 Å². The molecule has 0 aliphatic heterocycles. The lowest BCUT2D eigenvalue weighted by molar-refractivity contribution is 0.898. The van der Waals surface area contributed by atoms with Crippen molar-refractivity contribution in [3.63, 3.8) is 0 Å². The lowest BCUT2D eigenvalue weighted by atomic mass is 10.0. The molecule has 0 N–H and O–H groups in total. The third kappa shape index (κ3) is 14.4. The Morgan fingerprint density at radius 1 is 0.727 bits per heavy atom. The van der Waals surface area contributed by atoms with E-state index < -0.39 is 0 Å². The Balaban J connectivity index is 3.99. The van der Waals surface area contributed by atoms with E-state index in [0.29, 0.717) is 4.83 Å². The van der Waals surface area contributed by atoms with Crippen LogP contribution in [-0.4, -0.2) is 4.83 Å².